The number of hydrogen-bond donors (Lipinski definition) is 0. The number of halogens is 1. The number of aliphatic imine (C=N–C) groups is 1. The van der Waals surface area contributed by atoms with Gasteiger partial charge in [0.1, 0.15) is 21.8 Å². The Morgan fingerprint density at radius 1 is 1.27 bits per heavy atom. The maximum Gasteiger partial charge on any atom is 0.158 e. The highest BCUT2D eigenvalue weighted by atomic mass is 79.9. The first-order chi connectivity index (χ1) is 10.5. The quantitative estimate of drug-likeness (QED) is 0.338. The maximum absolute atomic E-state index is 10.5. The van der Waals surface area contributed by atoms with Crippen LogP contribution in [0.4, 0.5) is 11.5 Å². The summed E-state index contributed by atoms with van der Waals surface area (Å²) < 4.78 is 6.46. The van der Waals surface area contributed by atoms with Crippen LogP contribution >= 0.6 is 15.9 Å². The Morgan fingerprint density at radius 2 is 2.05 bits per heavy atom. The molecule has 0 bridgehead atoms. The molecule has 1 aromatic heterocycles. The first-order valence-corrected chi connectivity index (χ1v) is 7.27. The van der Waals surface area contributed by atoms with Crippen molar-refractivity contribution in [2.45, 2.75) is 6.92 Å². The summed E-state index contributed by atoms with van der Waals surface area (Å²) >= 11 is 3.34. The molecule has 1 heterocycles. The lowest BCUT2D eigenvalue weighted by molar-refractivity contribution is 0.478. The average molecular weight is 363 g/mol. The molecule has 0 spiro atoms. The van der Waals surface area contributed by atoms with E-state index in [-0.39, 0.29) is 0 Å². The van der Waals surface area contributed by atoms with Gasteiger partial charge in [-0.25, -0.2) is 9.98 Å². The maximum atomic E-state index is 10.5. The number of nitrogens with zero attached hydrogens (tertiary/aromatic N) is 4. The number of hydrogen-bond acceptors (Lipinski definition) is 5. The Morgan fingerprint density at radius 3 is 2.68 bits per heavy atom. The number of rotatable bonds is 5. The molecular weight excluding hydrogens is 348 g/mol. The average Bonchev–Trinajstić information content (AvgIpc) is 2.46. The first-order valence-electron chi connectivity index (χ1n) is 6.48. The Labute approximate surface area is 136 Å². The second-order valence-corrected chi connectivity index (χ2v) is 5.65. The van der Waals surface area contributed by atoms with Crippen LogP contribution in [-0.4, -0.2) is 30.3 Å². The Balaban J connectivity index is 2.27. The highest BCUT2D eigenvalue weighted by Gasteiger charge is 2.06. The van der Waals surface area contributed by atoms with Crippen molar-refractivity contribution in [3.8, 4) is 11.5 Å². The monoisotopic (exact) mass is 362 g/mol. The summed E-state index contributed by atoms with van der Waals surface area (Å²) in [6.45, 7) is 1.85. The molecule has 2 rings (SSSR count). The summed E-state index contributed by atoms with van der Waals surface area (Å²) in [5.74, 6) is 1.78. The molecule has 114 valence electrons. The molecule has 7 heteroatoms. The fourth-order valence-electron chi connectivity index (χ4n) is 1.69. The molecule has 0 amide bonds. The lowest BCUT2D eigenvalue weighted by Gasteiger charge is -2.10. The van der Waals surface area contributed by atoms with E-state index in [1.165, 1.54) is 0 Å². The summed E-state index contributed by atoms with van der Waals surface area (Å²) in [4.78, 5) is 20.8. The van der Waals surface area contributed by atoms with Crippen molar-refractivity contribution in [2.24, 2.45) is 10.2 Å². The summed E-state index contributed by atoms with van der Waals surface area (Å²) in [5.41, 5.74) is 1.19. The molecule has 0 saturated heterocycles. The highest BCUT2D eigenvalue weighted by molar-refractivity contribution is 9.10. The van der Waals surface area contributed by atoms with Gasteiger partial charge in [-0.05, 0) is 51.8 Å². The fraction of sp³-hybridized carbons (Fsp3) is 0.200. The predicted molar refractivity (Wildman–Crippen MR) is 90.5 cm³/mol. The van der Waals surface area contributed by atoms with Crippen molar-refractivity contribution in [1.82, 2.24) is 9.88 Å². The third-order valence-electron chi connectivity index (χ3n) is 2.67. The SMILES string of the molecule is Cc1cc(N=O)ccc1Oc1cc(Br)nc(N=CN(C)C)c1. The molecule has 0 atom stereocenters. The molecule has 0 aliphatic carbocycles. The van der Waals surface area contributed by atoms with Crippen molar-refractivity contribution in [2.75, 3.05) is 14.1 Å². The largest absolute Gasteiger partial charge is 0.457 e. The van der Waals surface area contributed by atoms with Crippen LogP contribution in [-0.2, 0) is 0 Å². The molecule has 0 radical (unpaired) electrons. The van der Waals surface area contributed by atoms with Crippen molar-refractivity contribution in [3.63, 3.8) is 0 Å². The van der Waals surface area contributed by atoms with Crippen LogP contribution in [0, 0.1) is 11.8 Å². The number of pyridine rings is 1. The van der Waals surface area contributed by atoms with Gasteiger partial charge in [0.15, 0.2) is 5.82 Å². The van der Waals surface area contributed by atoms with E-state index in [1.54, 1.807) is 36.7 Å². The van der Waals surface area contributed by atoms with Crippen molar-refractivity contribution in [1.29, 1.82) is 0 Å². The van der Waals surface area contributed by atoms with E-state index in [4.69, 9.17) is 4.74 Å². The highest BCUT2D eigenvalue weighted by Crippen LogP contribution is 2.31. The summed E-state index contributed by atoms with van der Waals surface area (Å²) in [5, 5.41) is 2.90. The Hall–Kier alpha value is -2.28. The standard InChI is InChI=1S/C15H15BrN4O2/c1-10-6-11(19-21)4-5-13(10)22-12-7-14(16)18-15(8-12)17-9-20(2)3/h4-9H,1-3H3. The van der Waals surface area contributed by atoms with Crippen LogP contribution in [0.1, 0.15) is 5.56 Å². The molecule has 0 aliphatic heterocycles. The fourth-order valence-corrected chi connectivity index (χ4v) is 2.10. The van der Waals surface area contributed by atoms with E-state index in [9.17, 15) is 4.91 Å². The van der Waals surface area contributed by atoms with Gasteiger partial charge in [-0.2, -0.15) is 0 Å². The lowest BCUT2D eigenvalue weighted by atomic mass is 10.2. The zero-order chi connectivity index (χ0) is 16.1. The van der Waals surface area contributed by atoms with Gasteiger partial charge in [0.05, 0.1) is 6.34 Å². The molecule has 1 aromatic carbocycles. The van der Waals surface area contributed by atoms with Crippen LogP contribution < -0.4 is 4.74 Å². The molecule has 0 aliphatic rings. The second kappa shape index (κ2) is 7.13. The van der Waals surface area contributed by atoms with Gasteiger partial charge < -0.3 is 9.64 Å². The lowest BCUT2D eigenvalue weighted by Crippen LogP contribution is -2.07. The molecule has 0 fully saturated rings. The van der Waals surface area contributed by atoms with Crippen LogP contribution in [0.25, 0.3) is 0 Å². The zero-order valence-electron chi connectivity index (χ0n) is 12.4. The smallest absolute Gasteiger partial charge is 0.158 e. The summed E-state index contributed by atoms with van der Waals surface area (Å²) in [7, 11) is 3.76. The molecule has 22 heavy (non-hydrogen) atoms. The normalized spacial score (nSPS) is 10.7. The van der Waals surface area contributed by atoms with E-state index in [0.717, 1.165) is 5.56 Å². The molecule has 2 aromatic rings. The van der Waals surface area contributed by atoms with Gasteiger partial charge in [-0.1, -0.05) is 0 Å². The van der Waals surface area contributed by atoms with Crippen LogP contribution in [0.3, 0.4) is 0 Å². The van der Waals surface area contributed by atoms with E-state index >= 15 is 0 Å². The van der Waals surface area contributed by atoms with Gasteiger partial charge in [0.2, 0.25) is 0 Å². The van der Waals surface area contributed by atoms with E-state index in [2.05, 4.69) is 31.1 Å². The topological polar surface area (TPSA) is 67.1 Å². The van der Waals surface area contributed by atoms with Gasteiger partial charge in [-0.3, -0.25) is 0 Å². The van der Waals surface area contributed by atoms with Crippen LogP contribution in [0.5, 0.6) is 11.5 Å². The third kappa shape index (κ3) is 4.36. The van der Waals surface area contributed by atoms with Gasteiger partial charge in [0, 0.05) is 26.2 Å². The molecule has 0 saturated carbocycles. The van der Waals surface area contributed by atoms with Crippen molar-refractivity contribution in [3.05, 3.63) is 45.4 Å². The molecular formula is C15H15BrN4O2. The number of benzene rings is 1. The molecule has 0 unspecified atom stereocenters. The number of aryl methyl sites for hydroxylation is 1. The minimum absolute atomic E-state index is 0.372. The summed E-state index contributed by atoms with van der Waals surface area (Å²) in [6.07, 6.45) is 1.66. The Bertz CT molecular complexity index is 717. The van der Waals surface area contributed by atoms with E-state index in [1.807, 2.05) is 25.9 Å². The van der Waals surface area contributed by atoms with Gasteiger partial charge >= 0.3 is 0 Å². The van der Waals surface area contributed by atoms with Gasteiger partial charge in [0.25, 0.3) is 0 Å². The van der Waals surface area contributed by atoms with Crippen molar-refractivity contribution >= 4 is 33.8 Å². The van der Waals surface area contributed by atoms with Crippen LogP contribution in [0.15, 0.2) is 45.1 Å². The third-order valence-corrected chi connectivity index (χ3v) is 3.07. The molecule has 6 nitrogen and oxygen atoms in total. The minimum atomic E-state index is 0.372. The predicted octanol–water partition coefficient (Wildman–Crippen LogP) is 4.56. The Kier molecular flexibility index (Phi) is 5.21. The number of ether oxygens (including phenoxy) is 1. The number of aromatic nitrogens is 1. The first kappa shape index (κ1) is 16.1. The van der Waals surface area contributed by atoms with E-state index in [0.29, 0.717) is 27.6 Å². The van der Waals surface area contributed by atoms with Gasteiger partial charge in [-0.15, -0.1) is 4.91 Å². The van der Waals surface area contributed by atoms with Crippen molar-refractivity contribution < 1.29 is 4.74 Å². The van der Waals surface area contributed by atoms with Crippen LogP contribution in [0.2, 0.25) is 0 Å². The minimum Gasteiger partial charge on any atom is -0.457 e. The second-order valence-electron chi connectivity index (χ2n) is 4.84. The number of nitroso groups, excluding NO2 is 1. The van der Waals surface area contributed by atoms with E-state index < -0.39 is 0 Å². The molecule has 0 N–H and O–H groups in total. The summed E-state index contributed by atoms with van der Waals surface area (Å²) in [6, 6.07) is 8.47. The zero-order valence-corrected chi connectivity index (χ0v) is 14.0.